The van der Waals surface area contributed by atoms with Gasteiger partial charge in [0, 0.05) is 44.9 Å². The van der Waals surface area contributed by atoms with Gasteiger partial charge in [-0.1, -0.05) is 30.3 Å². The van der Waals surface area contributed by atoms with E-state index in [1.54, 1.807) is 0 Å². The minimum absolute atomic E-state index is 0.774. The van der Waals surface area contributed by atoms with E-state index in [1.807, 2.05) is 43.4 Å². The highest BCUT2D eigenvalue weighted by atomic mass is 15.3. The van der Waals surface area contributed by atoms with E-state index in [1.165, 1.54) is 0 Å². The SMILES string of the molecule is CNc1cc(N2CCN(C)CC2)nc(-c2ccccc2)n1. The van der Waals surface area contributed by atoms with Crippen molar-refractivity contribution < 1.29 is 0 Å². The van der Waals surface area contributed by atoms with Crippen LogP contribution in [0.5, 0.6) is 0 Å². The van der Waals surface area contributed by atoms with E-state index < -0.39 is 0 Å². The number of nitrogens with one attached hydrogen (secondary N) is 1. The number of benzene rings is 1. The number of hydrogen-bond acceptors (Lipinski definition) is 5. The first kappa shape index (κ1) is 13.8. The molecule has 1 fully saturated rings. The van der Waals surface area contributed by atoms with Crippen molar-refractivity contribution in [1.29, 1.82) is 0 Å². The third-order valence-electron chi connectivity index (χ3n) is 3.83. The van der Waals surface area contributed by atoms with E-state index in [9.17, 15) is 0 Å². The summed E-state index contributed by atoms with van der Waals surface area (Å²) in [4.78, 5) is 14.0. The number of rotatable bonds is 3. The van der Waals surface area contributed by atoms with Crippen LogP contribution in [0, 0.1) is 0 Å². The Morgan fingerprint density at radius 1 is 1.00 bits per heavy atom. The van der Waals surface area contributed by atoms with E-state index in [0.29, 0.717) is 0 Å². The summed E-state index contributed by atoms with van der Waals surface area (Å²) in [6.07, 6.45) is 0. The first-order valence-electron chi connectivity index (χ1n) is 7.32. The zero-order chi connectivity index (χ0) is 14.7. The third kappa shape index (κ3) is 3.13. The average molecular weight is 283 g/mol. The molecule has 110 valence electrons. The Balaban J connectivity index is 1.94. The highest BCUT2D eigenvalue weighted by Gasteiger charge is 2.17. The van der Waals surface area contributed by atoms with E-state index in [2.05, 4.69) is 27.1 Å². The summed E-state index contributed by atoms with van der Waals surface area (Å²) in [5.74, 6) is 2.63. The predicted molar refractivity (Wildman–Crippen MR) is 86.7 cm³/mol. The molecule has 1 aromatic heterocycles. The monoisotopic (exact) mass is 283 g/mol. The Kier molecular flexibility index (Phi) is 4.01. The van der Waals surface area contributed by atoms with Crippen molar-refractivity contribution >= 4 is 11.6 Å². The summed E-state index contributed by atoms with van der Waals surface area (Å²) < 4.78 is 0. The Hall–Kier alpha value is -2.14. The van der Waals surface area contributed by atoms with E-state index in [0.717, 1.165) is 49.2 Å². The lowest BCUT2D eigenvalue weighted by atomic mass is 10.2. The second kappa shape index (κ2) is 6.10. The lowest BCUT2D eigenvalue weighted by Crippen LogP contribution is -2.44. The summed E-state index contributed by atoms with van der Waals surface area (Å²) in [7, 11) is 4.05. The molecule has 1 saturated heterocycles. The molecule has 2 aromatic rings. The standard InChI is InChI=1S/C16H21N5/c1-17-14-12-15(21-10-8-20(2)9-11-21)19-16(18-14)13-6-4-3-5-7-13/h3-7,12H,8-11H2,1-2H3,(H,17,18,19). The Morgan fingerprint density at radius 2 is 1.71 bits per heavy atom. The Labute approximate surface area is 125 Å². The van der Waals surface area contributed by atoms with Gasteiger partial charge in [0.1, 0.15) is 11.6 Å². The van der Waals surface area contributed by atoms with Gasteiger partial charge < -0.3 is 15.1 Å². The van der Waals surface area contributed by atoms with Crippen LogP contribution in [-0.4, -0.2) is 55.1 Å². The zero-order valence-corrected chi connectivity index (χ0v) is 12.6. The first-order chi connectivity index (χ1) is 10.3. The average Bonchev–Trinajstić information content (AvgIpc) is 2.56. The van der Waals surface area contributed by atoms with Gasteiger partial charge >= 0.3 is 0 Å². The molecule has 0 unspecified atom stereocenters. The highest BCUT2D eigenvalue weighted by molar-refractivity contribution is 5.61. The van der Waals surface area contributed by atoms with Crippen LogP contribution in [0.4, 0.5) is 11.6 Å². The van der Waals surface area contributed by atoms with Gasteiger partial charge in [0.15, 0.2) is 5.82 Å². The number of anilines is 2. The van der Waals surface area contributed by atoms with Crippen LogP contribution in [0.25, 0.3) is 11.4 Å². The minimum atomic E-state index is 0.774. The zero-order valence-electron chi connectivity index (χ0n) is 12.6. The van der Waals surface area contributed by atoms with Crippen molar-refractivity contribution in [3.05, 3.63) is 36.4 Å². The summed E-state index contributed by atoms with van der Waals surface area (Å²) in [5, 5.41) is 3.14. The van der Waals surface area contributed by atoms with Crippen molar-refractivity contribution in [2.75, 3.05) is 50.5 Å². The number of hydrogen-bond donors (Lipinski definition) is 1. The van der Waals surface area contributed by atoms with E-state index in [4.69, 9.17) is 4.98 Å². The van der Waals surface area contributed by atoms with E-state index >= 15 is 0 Å². The Bertz CT molecular complexity index is 591. The highest BCUT2D eigenvalue weighted by Crippen LogP contribution is 2.22. The molecule has 2 heterocycles. The normalized spacial score (nSPS) is 16.0. The van der Waals surface area contributed by atoms with Crippen LogP contribution in [0.3, 0.4) is 0 Å². The van der Waals surface area contributed by atoms with Crippen LogP contribution in [-0.2, 0) is 0 Å². The molecule has 1 N–H and O–H groups in total. The van der Waals surface area contributed by atoms with Gasteiger partial charge in [-0.15, -0.1) is 0 Å². The van der Waals surface area contributed by atoms with Crippen molar-refractivity contribution in [3.8, 4) is 11.4 Å². The molecule has 0 aliphatic carbocycles. The van der Waals surface area contributed by atoms with Gasteiger partial charge in [0.05, 0.1) is 0 Å². The van der Waals surface area contributed by atoms with Gasteiger partial charge in [0.2, 0.25) is 0 Å². The summed E-state index contributed by atoms with van der Waals surface area (Å²) in [5.41, 5.74) is 1.05. The number of piperazine rings is 1. The smallest absolute Gasteiger partial charge is 0.163 e. The molecular formula is C16H21N5. The maximum Gasteiger partial charge on any atom is 0.163 e. The van der Waals surface area contributed by atoms with Crippen LogP contribution in [0.15, 0.2) is 36.4 Å². The van der Waals surface area contributed by atoms with Gasteiger partial charge in [-0.3, -0.25) is 0 Å². The predicted octanol–water partition coefficient (Wildman–Crippen LogP) is 1.94. The molecule has 3 rings (SSSR count). The molecule has 0 bridgehead atoms. The van der Waals surface area contributed by atoms with Crippen LogP contribution in [0.1, 0.15) is 0 Å². The lowest BCUT2D eigenvalue weighted by molar-refractivity contribution is 0.312. The molecule has 1 aromatic carbocycles. The second-order valence-corrected chi connectivity index (χ2v) is 5.34. The van der Waals surface area contributed by atoms with Crippen LogP contribution < -0.4 is 10.2 Å². The molecule has 0 amide bonds. The van der Waals surface area contributed by atoms with Crippen molar-refractivity contribution in [2.24, 2.45) is 0 Å². The Morgan fingerprint density at radius 3 is 2.38 bits per heavy atom. The maximum absolute atomic E-state index is 4.76. The van der Waals surface area contributed by atoms with Gasteiger partial charge in [0.25, 0.3) is 0 Å². The van der Waals surface area contributed by atoms with Crippen molar-refractivity contribution in [3.63, 3.8) is 0 Å². The summed E-state index contributed by atoms with van der Waals surface area (Å²) in [6, 6.07) is 12.1. The molecule has 1 aliphatic rings. The first-order valence-corrected chi connectivity index (χ1v) is 7.32. The second-order valence-electron chi connectivity index (χ2n) is 5.34. The number of aromatic nitrogens is 2. The molecule has 0 atom stereocenters. The summed E-state index contributed by atoms with van der Waals surface area (Å²) >= 11 is 0. The summed E-state index contributed by atoms with van der Waals surface area (Å²) in [6.45, 7) is 4.15. The van der Waals surface area contributed by atoms with Crippen molar-refractivity contribution in [1.82, 2.24) is 14.9 Å². The molecule has 1 aliphatic heterocycles. The van der Waals surface area contributed by atoms with Crippen LogP contribution >= 0.6 is 0 Å². The fourth-order valence-electron chi connectivity index (χ4n) is 2.48. The third-order valence-corrected chi connectivity index (χ3v) is 3.83. The topological polar surface area (TPSA) is 44.3 Å². The van der Waals surface area contributed by atoms with Gasteiger partial charge in [-0.2, -0.15) is 0 Å². The molecule has 0 spiro atoms. The molecule has 5 nitrogen and oxygen atoms in total. The van der Waals surface area contributed by atoms with Crippen LogP contribution in [0.2, 0.25) is 0 Å². The lowest BCUT2D eigenvalue weighted by Gasteiger charge is -2.33. The maximum atomic E-state index is 4.76. The molecule has 5 heteroatoms. The molecule has 21 heavy (non-hydrogen) atoms. The fourth-order valence-corrected chi connectivity index (χ4v) is 2.48. The number of likely N-dealkylation sites (N-methyl/N-ethyl adjacent to an activating group) is 1. The number of nitrogens with zero attached hydrogens (tertiary/aromatic N) is 4. The fraction of sp³-hybridized carbons (Fsp3) is 0.375. The molecular weight excluding hydrogens is 262 g/mol. The van der Waals surface area contributed by atoms with E-state index in [-0.39, 0.29) is 0 Å². The molecule has 0 saturated carbocycles. The van der Waals surface area contributed by atoms with Gasteiger partial charge in [-0.25, -0.2) is 9.97 Å². The van der Waals surface area contributed by atoms with Crippen molar-refractivity contribution in [2.45, 2.75) is 0 Å². The minimum Gasteiger partial charge on any atom is -0.373 e. The molecule has 0 radical (unpaired) electrons. The quantitative estimate of drug-likeness (QED) is 0.932. The van der Waals surface area contributed by atoms with Gasteiger partial charge in [-0.05, 0) is 7.05 Å². The largest absolute Gasteiger partial charge is 0.373 e.